The summed E-state index contributed by atoms with van der Waals surface area (Å²) >= 11 is 0. The Bertz CT molecular complexity index is 293. The maximum atomic E-state index is 9.46. The van der Waals surface area contributed by atoms with Crippen molar-refractivity contribution in [1.29, 1.82) is 0 Å². The molecule has 0 saturated heterocycles. The van der Waals surface area contributed by atoms with Crippen molar-refractivity contribution >= 4 is 59.1 Å². The van der Waals surface area contributed by atoms with Gasteiger partial charge in [0, 0.05) is 5.56 Å². The van der Waals surface area contributed by atoms with Crippen molar-refractivity contribution in [2.45, 2.75) is 26.2 Å². The van der Waals surface area contributed by atoms with Gasteiger partial charge in [0.25, 0.3) is 0 Å². The molecule has 1 rings (SSSR count). The van der Waals surface area contributed by atoms with Gasteiger partial charge in [-0.1, -0.05) is 20.8 Å². The van der Waals surface area contributed by atoms with E-state index in [-0.39, 0.29) is 76.0 Å². The molecule has 0 atom stereocenters. The number of hydrogen-bond donors (Lipinski definition) is 2. The molecule has 0 aromatic heterocycles. The van der Waals surface area contributed by atoms with Crippen LogP contribution < -0.4 is 0 Å². The molecule has 0 saturated carbocycles. The second kappa shape index (κ2) is 6.41. The van der Waals surface area contributed by atoms with E-state index in [0.29, 0.717) is 0 Å². The van der Waals surface area contributed by atoms with Gasteiger partial charge >= 0.3 is 59.1 Å². The van der Waals surface area contributed by atoms with E-state index in [9.17, 15) is 10.2 Å². The molecule has 0 amide bonds. The fourth-order valence-electron chi connectivity index (χ4n) is 1.12. The Hall–Kier alpha value is 0.820. The molecule has 0 aliphatic rings. The van der Waals surface area contributed by atoms with Gasteiger partial charge in [0.05, 0.1) is 0 Å². The summed E-state index contributed by atoms with van der Waals surface area (Å²) in [6.07, 6.45) is 0. The number of benzene rings is 1. The Labute approximate surface area is 129 Å². The SMILES string of the molecule is CC(C)(C)c1cc(O)ccc1O.[NaH].[NaH]. The Morgan fingerprint density at radius 3 is 1.86 bits per heavy atom. The molecule has 1 aromatic rings. The van der Waals surface area contributed by atoms with E-state index in [1.807, 2.05) is 20.8 Å². The van der Waals surface area contributed by atoms with Gasteiger partial charge in [-0.15, -0.1) is 0 Å². The van der Waals surface area contributed by atoms with Crippen molar-refractivity contribution in [3.05, 3.63) is 23.8 Å². The number of hydrogen-bond acceptors (Lipinski definition) is 2. The molecule has 14 heavy (non-hydrogen) atoms. The number of aromatic hydroxyl groups is 2. The summed E-state index contributed by atoms with van der Waals surface area (Å²) in [4.78, 5) is 0. The Balaban J connectivity index is 0. The molecule has 0 unspecified atom stereocenters. The van der Waals surface area contributed by atoms with E-state index in [1.165, 1.54) is 12.1 Å². The van der Waals surface area contributed by atoms with E-state index in [0.717, 1.165) is 5.56 Å². The van der Waals surface area contributed by atoms with Gasteiger partial charge in [0.1, 0.15) is 11.5 Å². The van der Waals surface area contributed by atoms with Gasteiger partial charge in [-0.2, -0.15) is 0 Å². The Kier molecular flexibility index (Phi) is 7.89. The third kappa shape index (κ3) is 4.56. The van der Waals surface area contributed by atoms with E-state index in [4.69, 9.17) is 0 Å². The van der Waals surface area contributed by atoms with Crippen LogP contribution in [0.2, 0.25) is 0 Å². The predicted octanol–water partition coefficient (Wildman–Crippen LogP) is 1.10. The zero-order chi connectivity index (χ0) is 9.35. The number of phenols is 2. The first-order chi connectivity index (χ1) is 5.41. The standard InChI is InChI=1S/C10H14O2.2Na.2H/c1-10(2,3)8-6-7(11)4-5-9(8)12;;;;/h4-6,11-12H,1-3H3;;;;. The molecule has 70 valence electrons. The zero-order valence-electron chi connectivity index (χ0n) is 7.63. The van der Waals surface area contributed by atoms with E-state index in [2.05, 4.69) is 0 Å². The van der Waals surface area contributed by atoms with Crippen molar-refractivity contribution in [3.8, 4) is 11.5 Å². The monoisotopic (exact) mass is 214 g/mol. The van der Waals surface area contributed by atoms with Crippen LogP contribution in [0.15, 0.2) is 18.2 Å². The predicted molar refractivity (Wildman–Crippen MR) is 62.8 cm³/mol. The van der Waals surface area contributed by atoms with Crippen LogP contribution in [0.1, 0.15) is 26.3 Å². The van der Waals surface area contributed by atoms with Gasteiger partial charge in [0.15, 0.2) is 0 Å². The van der Waals surface area contributed by atoms with Crippen molar-refractivity contribution in [1.82, 2.24) is 0 Å². The Morgan fingerprint density at radius 2 is 1.50 bits per heavy atom. The van der Waals surface area contributed by atoms with Crippen LogP contribution in [-0.2, 0) is 5.41 Å². The summed E-state index contributed by atoms with van der Waals surface area (Å²) in [5.41, 5.74) is 0.630. The van der Waals surface area contributed by atoms with Crippen molar-refractivity contribution in [2.75, 3.05) is 0 Å². The normalized spacial score (nSPS) is 9.93. The van der Waals surface area contributed by atoms with Gasteiger partial charge in [0.2, 0.25) is 0 Å². The first-order valence-electron chi connectivity index (χ1n) is 3.94. The van der Waals surface area contributed by atoms with Crippen LogP contribution in [-0.4, -0.2) is 69.3 Å². The fraction of sp³-hybridized carbons (Fsp3) is 0.400. The third-order valence-corrected chi connectivity index (χ3v) is 1.79. The maximum absolute atomic E-state index is 9.46. The first kappa shape index (κ1) is 17.2. The van der Waals surface area contributed by atoms with Crippen LogP contribution >= 0.6 is 0 Å². The van der Waals surface area contributed by atoms with E-state index >= 15 is 0 Å². The molecule has 0 aliphatic heterocycles. The summed E-state index contributed by atoms with van der Waals surface area (Å²) in [5.74, 6) is 0.429. The fourth-order valence-corrected chi connectivity index (χ4v) is 1.12. The molecule has 2 nitrogen and oxygen atoms in total. The van der Waals surface area contributed by atoms with E-state index < -0.39 is 0 Å². The quantitative estimate of drug-likeness (QED) is 0.501. The molecule has 0 spiro atoms. The first-order valence-corrected chi connectivity index (χ1v) is 3.94. The zero-order valence-corrected chi connectivity index (χ0v) is 7.63. The van der Waals surface area contributed by atoms with Crippen molar-refractivity contribution < 1.29 is 10.2 Å². The topological polar surface area (TPSA) is 40.5 Å². The average Bonchev–Trinajstić information content (AvgIpc) is 1.92. The second-order valence-electron chi connectivity index (χ2n) is 3.95. The van der Waals surface area contributed by atoms with Crippen LogP contribution in [0.4, 0.5) is 0 Å². The minimum atomic E-state index is -0.136. The summed E-state index contributed by atoms with van der Waals surface area (Å²) in [6, 6.07) is 4.58. The molecule has 4 heteroatoms. The molecule has 0 aliphatic carbocycles. The van der Waals surface area contributed by atoms with Crippen LogP contribution in [0.3, 0.4) is 0 Å². The van der Waals surface area contributed by atoms with Gasteiger partial charge in [-0.25, -0.2) is 0 Å². The molecule has 0 heterocycles. The molecular weight excluding hydrogens is 198 g/mol. The van der Waals surface area contributed by atoms with Gasteiger partial charge in [-0.05, 0) is 23.6 Å². The van der Waals surface area contributed by atoms with Gasteiger partial charge in [-0.3, -0.25) is 0 Å². The van der Waals surface area contributed by atoms with Crippen LogP contribution in [0.5, 0.6) is 11.5 Å². The Morgan fingerprint density at radius 1 is 1.00 bits per heavy atom. The van der Waals surface area contributed by atoms with Crippen LogP contribution in [0, 0.1) is 0 Å². The van der Waals surface area contributed by atoms with Gasteiger partial charge < -0.3 is 10.2 Å². The molecule has 0 radical (unpaired) electrons. The molecule has 2 N–H and O–H groups in total. The molecule has 1 aromatic carbocycles. The molecule has 0 fully saturated rings. The van der Waals surface area contributed by atoms with Crippen LogP contribution in [0.25, 0.3) is 0 Å². The van der Waals surface area contributed by atoms with E-state index in [1.54, 1.807) is 6.07 Å². The van der Waals surface area contributed by atoms with Crippen molar-refractivity contribution in [3.63, 3.8) is 0 Å². The summed E-state index contributed by atoms with van der Waals surface area (Å²) in [7, 11) is 0. The summed E-state index contributed by atoms with van der Waals surface area (Å²) in [6.45, 7) is 5.96. The van der Waals surface area contributed by atoms with Crippen molar-refractivity contribution in [2.24, 2.45) is 0 Å². The molecule has 0 bridgehead atoms. The summed E-state index contributed by atoms with van der Waals surface area (Å²) < 4.78 is 0. The average molecular weight is 214 g/mol. The number of rotatable bonds is 0. The summed E-state index contributed by atoms with van der Waals surface area (Å²) in [5, 5.41) is 18.6. The third-order valence-electron chi connectivity index (χ3n) is 1.79. The number of phenolic OH excluding ortho intramolecular Hbond substituents is 2. The minimum absolute atomic E-state index is 0. The molecular formula is C10H16Na2O2. The second-order valence-corrected chi connectivity index (χ2v) is 3.95.